The third-order valence-electron chi connectivity index (χ3n) is 3.59. The number of rotatable bonds is 3. The number of hydrogen-bond acceptors (Lipinski definition) is 4. The van der Waals surface area contributed by atoms with Crippen LogP contribution in [0.2, 0.25) is 0 Å². The molecular weight excluding hydrogens is 250 g/mol. The van der Waals surface area contributed by atoms with Crippen LogP contribution in [0.1, 0.15) is 24.7 Å². The normalized spacial score (nSPS) is 23.9. The topological polar surface area (TPSA) is 62.4 Å². The van der Waals surface area contributed by atoms with Gasteiger partial charge < -0.3 is 10.8 Å². The van der Waals surface area contributed by atoms with Crippen LogP contribution in [0.15, 0.2) is 12.1 Å². The summed E-state index contributed by atoms with van der Waals surface area (Å²) in [4.78, 5) is 6.70. The number of aromatic nitrogens is 1. The van der Waals surface area contributed by atoms with E-state index in [0.29, 0.717) is 6.54 Å². The van der Waals surface area contributed by atoms with E-state index in [-0.39, 0.29) is 23.6 Å². The monoisotopic (exact) mass is 271 g/mol. The molecule has 1 aliphatic rings. The van der Waals surface area contributed by atoms with Crippen LogP contribution in [0.4, 0.5) is 0 Å². The lowest BCUT2D eigenvalue weighted by Gasteiger charge is -2.22. The molecule has 1 aromatic rings. The zero-order valence-electron chi connectivity index (χ0n) is 11.0. The number of likely N-dealkylation sites (tertiary alicyclic amines) is 1. The molecule has 18 heavy (non-hydrogen) atoms. The van der Waals surface area contributed by atoms with Gasteiger partial charge in [0.05, 0.1) is 5.69 Å². The van der Waals surface area contributed by atoms with Gasteiger partial charge in [-0.1, -0.05) is 6.92 Å². The molecule has 4 nitrogen and oxygen atoms in total. The van der Waals surface area contributed by atoms with Crippen LogP contribution in [0, 0.1) is 12.3 Å². The minimum atomic E-state index is 0. The molecule has 5 heteroatoms. The Morgan fingerprint density at radius 2 is 2.22 bits per heavy atom. The standard InChI is InChI=1S/C13H21N3O.ClH/c1-10-3-4-12(17)11(15-10)7-16-6-5-13(2,8-14)9-16;/h3-4,17H,5-9,14H2,1-2H3;1H. The van der Waals surface area contributed by atoms with Crippen LogP contribution in [0.5, 0.6) is 5.75 Å². The second-order valence-electron chi connectivity index (χ2n) is 5.39. The molecule has 2 rings (SSSR count). The number of pyridine rings is 1. The Bertz CT molecular complexity index is 413. The molecule has 0 saturated carbocycles. The number of aryl methyl sites for hydroxylation is 1. The van der Waals surface area contributed by atoms with Gasteiger partial charge in [-0.2, -0.15) is 0 Å². The smallest absolute Gasteiger partial charge is 0.138 e. The van der Waals surface area contributed by atoms with E-state index in [2.05, 4.69) is 16.8 Å². The summed E-state index contributed by atoms with van der Waals surface area (Å²) in [6, 6.07) is 3.54. The molecule has 0 spiro atoms. The van der Waals surface area contributed by atoms with Gasteiger partial charge in [0.15, 0.2) is 0 Å². The molecule has 102 valence electrons. The molecule has 0 bridgehead atoms. The first kappa shape index (κ1) is 15.2. The Morgan fingerprint density at radius 1 is 1.50 bits per heavy atom. The summed E-state index contributed by atoms with van der Waals surface area (Å²) in [6.07, 6.45) is 1.12. The van der Waals surface area contributed by atoms with Gasteiger partial charge in [-0.25, -0.2) is 0 Å². The second-order valence-corrected chi connectivity index (χ2v) is 5.39. The minimum Gasteiger partial charge on any atom is -0.506 e. The Labute approximate surface area is 115 Å². The van der Waals surface area contributed by atoms with Gasteiger partial charge in [-0.3, -0.25) is 9.88 Å². The molecular formula is C13H22ClN3O. The van der Waals surface area contributed by atoms with Crippen molar-refractivity contribution >= 4 is 12.4 Å². The highest BCUT2D eigenvalue weighted by Gasteiger charge is 2.32. The average Bonchev–Trinajstić information content (AvgIpc) is 2.67. The maximum atomic E-state index is 9.77. The molecule has 3 N–H and O–H groups in total. The fraction of sp³-hybridized carbons (Fsp3) is 0.615. The SMILES string of the molecule is Cc1ccc(O)c(CN2CCC(C)(CN)C2)n1.Cl. The van der Waals surface area contributed by atoms with Crippen LogP contribution in [0.25, 0.3) is 0 Å². The van der Waals surface area contributed by atoms with Gasteiger partial charge in [-0.15, -0.1) is 12.4 Å². The fourth-order valence-corrected chi connectivity index (χ4v) is 2.36. The quantitative estimate of drug-likeness (QED) is 0.878. The van der Waals surface area contributed by atoms with Crippen molar-refractivity contribution < 1.29 is 5.11 Å². The largest absolute Gasteiger partial charge is 0.506 e. The first-order valence-electron chi connectivity index (χ1n) is 6.10. The number of aromatic hydroxyl groups is 1. The molecule has 0 aliphatic carbocycles. The van der Waals surface area contributed by atoms with Gasteiger partial charge in [-0.05, 0) is 44.0 Å². The minimum absolute atomic E-state index is 0. The van der Waals surface area contributed by atoms with Gasteiger partial charge in [0.25, 0.3) is 0 Å². The zero-order valence-corrected chi connectivity index (χ0v) is 11.8. The predicted molar refractivity (Wildman–Crippen MR) is 74.9 cm³/mol. The van der Waals surface area contributed by atoms with Crippen molar-refractivity contribution in [3.05, 3.63) is 23.5 Å². The fourth-order valence-electron chi connectivity index (χ4n) is 2.36. The molecule has 1 aromatic heterocycles. The van der Waals surface area contributed by atoms with Crippen molar-refractivity contribution in [3.63, 3.8) is 0 Å². The molecule has 2 heterocycles. The summed E-state index contributed by atoms with van der Waals surface area (Å²) in [7, 11) is 0. The maximum absolute atomic E-state index is 9.77. The van der Waals surface area contributed by atoms with E-state index in [1.807, 2.05) is 13.0 Å². The lowest BCUT2D eigenvalue weighted by Crippen LogP contribution is -2.31. The highest BCUT2D eigenvalue weighted by Crippen LogP contribution is 2.30. The predicted octanol–water partition coefficient (Wildman–Crippen LogP) is 1.69. The van der Waals surface area contributed by atoms with E-state index in [0.717, 1.165) is 37.4 Å². The van der Waals surface area contributed by atoms with Gasteiger partial charge in [0.2, 0.25) is 0 Å². The van der Waals surface area contributed by atoms with Crippen LogP contribution in [-0.2, 0) is 6.54 Å². The zero-order chi connectivity index (χ0) is 12.5. The summed E-state index contributed by atoms with van der Waals surface area (Å²) in [5.74, 6) is 0.289. The number of nitrogens with two attached hydrogens (primary N) is 1. The Balaban J connectivity index is 0.00000162. The molecule has 0 aromatic carbocycles. The van der Waals surface area contributed by atoms with Crippen LogP contribution >= 0.6 is 12.4 Å². The highest BCUT2D eigenvalue weighted by atomic mass is 35.5. The van der Waals surface area contributed by atoms with Crippen molar-refractivity contribution in [2.75, 3.05) is 19.6 Å². The lowest BCUT2D eigenvalue weighted by atomic mass is 9.90. The van der Waals surface area contributed by atoms with E-state index in [4.69, 9.17) is 5.73 Å². The number of nitrogens with zero attached hydrogens (tertiary/aromatic N) is 2. The van der Waals surface area contributed by atoms with E-state index in [9.17, 15) is 5.11 Å². The van der Waals surface area contributed by atoms with E-state index >= 15 is 0 Å². The summed E-state index contributed by atoms with van der Waals surface area (Å²) >= 11 is 0. The Morgan fingerprint density at radius 3 is 2.83 bits per heavy atom. The molecule has 0 radical (unpaired) electrons. The van der Waals surface area contributed by atoms with Gasteiger partial charge in [0, 0.05) is 18.8 Å². The van der Waals surface area contributed by atoms with Crippen LogP contribution in [0.3, 0.4) is 0 Å². The molecule has 1 fully saturated rings. The van der Waals surface area contributed by atoms with E-state index < -0.39 is 0 Å². The highest BCUT2D eigenvalue weighted by molar-refractivity contribution is 5.85. The summed E-state index contributed by atoms with van der Waals surface area (Å²) < 4.78 is 0. The van der Waals surface area contributed by atoms with Crippen molar-refractivity contribution in [1.29, 1.82) is 0 Å². The van der Waals surface area contributed by atoms with Gasteiger partial charge >= 0.3 is 0 Å². The van der Waals surface area contributed by atoms with Crippen molar-refractivity contribution in [2.24, 2.45) is 11.1 Å². The number of hydrogen-bond donors (Lipinski definition) is 2. The second kappa shape index (κ2) is 5.87. The first-order valence-corrected chi connectivity index (χ1v) is 6.10. The molecule has 1 saturated heterocycles. The van der Waals surface area contributed by atoms with Crippen molar-refractivity contribution in [2.45, 2.75) is 26.8 Å². The first-order chi connectivity index (χ1) is 8.02. The Hall–Kier alpha value is -0.840. The molecule has 1 atom stereocenters. The lowest BCUT2D eigenvalue weighted by molar-refractivity contribution is 0.268. The summed E-state index contributed by atoms with van der Waals surface area (Å²) in [5.41, 5.74) is 7.72. The van der Waals surface area contributed by atoms with Crippen molar-refractivity contribution in [3.8, 4) is 5.75 Å². The van der Waals surface area contributed by atoms with E-state index in [1.54, 1.807) is 6.07 Å². The summed E-state index contributed by atoms with van der Waals surface area (Å²) in [5, 5.41) is 9.77. The summed E-state index contributed by atoms with van der Waals surface area (Å²) in [6.45, 7) is 7.61. The van der Waals surface area contributed by atoms with Crippen LogP contribution in [-0.4, -0.2) is 34.6 Å². The van der Waals surface area contributed by atoms with E-state index in [1.165, 1.54) is 0 Å². The average molecular weight is 272 g/mol. The third-order valence-corrected chi connectivity index (χ3v) is 3.59. The number of halogens is 1. The maximum Gasteiger partial charge on any atom is 0.138 e. The van der Waals surface area contributed by atoms with Crippen LogP contribution < -0.4 is 5.73 Å². The molecule has 1 unspecified atom stereocenters. The Kier molecular flexibility index (Phi) is 4.96. The molecule has 0 amide bonds. The van der Waals surface area contributed by atoms with Crippen molar-refractivity contribution in [1.82, 2.24) is 9.88 Å². The molecule has 1 aliphatic heterocycles. The van der Waals surface area contributed by atoms with Gasteiger partial charge in [0.1, 0.15) is 5.75 Å². The third kappa shape index (κ3) is 3.34.